The van der Waals surface area contributed by atoms with Crippen molar-refractivity contribution in [2.45, 2.75) is 163 Å². The number of amides is 6. The topological polar surface area (TPSA) is 166 Å². The molecule has 6 amide bonds. The van der Waals surface area contributed by atoms with Crippen molar-refractivity contribution in [3.63, 3.8) is 0 Å². The summed E-state index contributed by atoms with van der Waals surface area (Å²) in [4.78, 5) is 82.3. The molecular formula is C51H80N6O6. The zero-order chi connectivity index (χ0) is 46.6. The van der Waals surface area contributed by atoms with Crippen molar-refractivity contribution in [3.05, 3.63) is 72.9 Å². The number of Topliss-reactive ketones (excluding diaryl/α,β-unsaturated/α-hetero) is 1. The van der Waals surface area contributed by atoms with Crippen molar-refractivity contribution in [1.29, 1.82) is 0 Å². The van der Waals surface area contributed by atoms with Crippen molar-refractivity contribution in [3.8, 4) is 0 Å². The van der Waals surface area contributed by atoms with Crippen molar-refractivity contribution < 1.29 is 28.8 Å². The minimum Gasteiger partial charge on any atom is -0.354 e. The smallest absolute Gasteiger partial charge is 0.315 e. The van der Waals surface area contributed by atoms with Crippen LogP contribution in [-0.2, 0) is 24.0 Å². The number of fused-ring (bicyclic) bond motifs is 1. The minimum absolute atomic E-state index is 0.0626. The first-order valence-electron chi connectivity index (χ1n) is 23.5. The first-order chi connectivity index (χ1) is 29.8. The molecule has 0 aromatic heterocycles. The van der Waals surface area contributed by atoms with E-state index in [2.05, 4.69) is 108 Å². The Balaban J connectivity index is 1.43. The van der Waals surface area contributed by atoms with Gasteiger partial charge < -0.3 is 31.5 Å². The predicted molar refractivity (Wildman–Crippen MR) is 253 cm³/mol. The zero-order valence-corrected chi connectivity index (χ0v) is 39.9. The molecule has 1 saturated heterocycles. The molecule has 5 N–H and O–H groups in total. The number of carbonyl (C=O) groups is 6. The van der Waals surface area contributed by atoms with Crippen LogP contribution in [0.4, 0.5) is 4.79 Å². The van der Waals surface area contributed by atoms with E-state index in [0.29, 0.717) is 25.8 Å². The van der Waals surface area contributed by atoms with Gasteiger partial charge in [-0.25, -0.2) is 4.79 Å². The van der Waals surface area contributed by atoms with Crippen molar-refractivity contribution >= 4 is 35.4 Å². The summed E-state index contributed by atoms with van der Waals surface area (Å²) in [6, 6.07) is -3.28. The van der Waals surface area contributed by atoms with Crippen LogP contribution in [0.3, 0.4) is 0 Å². The molecule has 4 unspecified atom stereocenters. The maximum Gasteiger partial charge on any atom is 0.315 e. The average Bonchev–Trinajstić information content (AvgIpc) is 3.48. The fourth-order valence-corrected chi connectivity index (χ4v) is 8.25. The van der Waals surface area contributed by atoms with Crippen LogP contribution in [0.5, 0.6) is 0 Å². The van der Waals surface area contributed by atoms with Crippen LogP contribution in [0.15, 0.2) is 72.9 Å². The predicted octanol–water partition coefficient (Wildman–Crippen LogP) is 7.94. The molecule has 12 nitrogen and oxygen atoms in total. The van der Waals surface area contributed by atoms with E-state index in [1.54, 1.807) is 4.90 Å². The number of nitrogens with zero attached hydrogens (tertiary/aromatic N) is 1. The third-order valence-corrected chi connectivity index (χ3v) is 12.2. The maximum atomic E-state index is 14.3. The van der Waals surface area contributed by atoms with Crippen molar-refractivity contribution in [2.75, 3.05) is 19.6 Å². The number of ketones is 1. The standard InChI is InChI=1S/C51H80N6O6/c1-10-11-12-13-14-15-16-17-18-19-20-21-22-23-24-25-26-27-28-32-40(58)52-33-34-53-46(61)43(59)39(35-37-30-29-31-37)54-45(60)42-41-38(51(41,8)9)36-57(42)47(62)44(49(2,3)4)55-48(63)56-50(5,6)7/h11-12,14-15,17-18,20-21,23-24,26-27,37-39,41-42,44H,10,13,16,19,22,25,28-36H2,1-9H3,(H,52,58)(H,53,61)(H,54,60)(H2,55,56,63)/b12-11-,15-14-,18-17-,21-20-,24-23-,27-26-/t38?,39?,41?,42-,44?/m0/s1. The Kier molecular flexibility index (Phi) is 21.3. The Morgan fingerprint density at radius 1 is 0.714 bits per heavy atom. The molecule has 63 heavy (non-hydrogen) atoms. The van der Waals surface area contributed by atoms with E-state index in [0.717, 1.165) is 57.8 Å². The third kappa shape index (κ3) is 18.1. The number of nitrogens with one attached hydrogen (secondary N) is 5. The van der Waals surface area contributed by atoms with Crippen LogP contribution in [0, 0.1) is 28.6 Å². The molecule has 3 fully saturated rings. The van der Waals surface area contributed by atoms with Gasteiger partial charge in [0.25, 0.3) is 5.91 Å². The van der Waals surface area contributed by atoms with Gasteiger partial charge in [-0.05, 0) is 101 Å². The second-order valence-corrected chi connectivity index (χ2v) is 20.1. The summed E-state index contributed by atoms with van der Waals surface area (Å²) in [5.41, 5.74) is -1.36. The Bertz CT molecular complexity index is 1720. The van der Waals surface area contributed by atoms with E-state index >= 15 is 0 Å². The highest BCUT2D eigenvalue weighted by molar-refractivity contribution is 6.38. The molecule has 1 heterocycles. The van der Waals surface area contributed by atoms with Crippen LogP contribution < -0.4 is 26.6 Å². The molecule has 0 aromatic carbocycles. The zero-order valence-electron chi connectivity index (χ0n) is 39.9. The van der Waals surface area contributed by atoms with Gasteiger partial charge in [0.1, 0.15) is 12.1 Å². The molecule has 3 aliphatic rings. The molecule has 0 aromatic rings. The fraction of sp³-hybridized carbons (Fsp3) is 0.647. The quantitative estimate of drug-likeness (QED) is 0.0355. The van der Waals surface area contributed by atoms with Crippen LogP contribution in [0.25, 0.3) is 0 Å². The first-order valence-corrected chi connectivity index (χ1v) is 23.5. The summed E-state index contributed by atoms with van der Waals surface area (Å²) in [5.74, 6) is -2.36. The van der Waals surface area contributed by atoms with Gasteiger partial charge in [-0.1, -0.05) is 134 Å². The average molecular weight is 873 g/mol. The lowest BCUT2D eigenvalue weighted by molar-refractivity contribution is -0.145. The summed E-state index contributed by atoms with van der Waals surface area (Å²) < 4.78 is 0. The third-order valence-electron chi connectivity index (χ3n) is 12.2. The molecule has 0 radical (unpaired) electrons. The maximum absolute atomic E-state index is 14.3. The van der Waals surface area contributed by atoms with Crippen LogP contribution >= 0.6 is 0 Å². The van der Waals surface area contributed by atoms with Crippen molar-refractivity contribution in [2.24, 2.45) is 28.6 Å². The van der Waals surface area contributed by atoms with E-state index < -0.39 is 52.7 Å². The number of hydrogen-bond donors (Lipinski definition) is 5. The van der Waals surface area contributed by atoms with E-state index in [1.165, 1.54) is 0 Å². The molecule has 2 saturated carbocycles. The monoisotopic (exact) mass is 873 g/mol. The molecule has 0 bridgehead atoms. The van der Waals surface area contributed by atoms with Gasteiger partial charge in [-0.15, -0.1) is 0 Å². The normalized spacial score (nSPS) is 21.0. The lowest BCUT2D eigenvalue weighted by Gasteiger charge is -2.38. The Labute approximate surface area is 378 Å². The number of piperidine rings is 1. The second-order valence-electron chi connectivity index (χ2n) is 20.1. The summed E-state index contributed by atoms with van der Waals surface area (Å²) in [6.07, 6.45) is 35.4. The lowest BCUT2D eigenvalue weighted by atomic mass is 9.80. The second kappa shape index (κ2) is 25.5. The summed E-state index contributed by atoms with van der Waals surface area (Å²) >= 11 is 0. The van der Waals surface area contributed by atoms with Gasteiger partial charge in [0.2, 0.25) is 23.5 Å². The van der Waals surface area contributed by atoms with Crippen LogP contribution in [0.1, 0.15) is 139 Å². The van der Waals surface area contributed by atoms with Gasteiger partial charge in [0.15, 0.2) is 0 Å². The molecule has 3 rings (SSSR count). The first kappa shape index (κ1) is 52.6. The SMILES string of the molecule is CC/C=C\C/C=C\C/C=C\C/C=C\C/C=C\C/C=C\CCC(=O)NCCNC(=O)C(=O)C(CC1CCC1)NC(=O)[C@@H]1C2C(CN1C(=O)C(NC(=O)NC(C)(C)C)C(C)(C)C)C2(C)C. The Morgan fingerprint density at radius 3 is 1.73 bits per heavy atom. The highest BCUT2D eigenvalue weighted by atomic mass is 16.2. The van der Waals surface area contributed by atoms with Gasteiger partial charge >= 0.3 is 6.03 Å². The lowest BCUT2D eigenvalue weighted by Crippen LogP contribution is -2.62. The van der Waals surface area contributed by atoms with E-state index in [-0.39, 0.29) is 48.1 Å². The van der Waals surface area contributed by atoms with E-state index in [1.807, 2.05) is 53.7 Å². The molecular weight excluding hydrogens is 793 g/mol. The largest absolute Gasteiger partial charge is 0.354 e. The summed E-state index contributed by atoms with van der Waals surface area (Å²) in [5, 5.41) is 14.1. The van der Waals surface area contributed by atoms with E-state index in [4.69, 9.17) is 0 Å². The van der Waals surface area contributed by atoms with Gasteiger partial charge in [-0.2, -0.15) is 0 Å². The molecule has 5 atom stereocenters. The summed E-state index contributed by atoms with van der Waals surface area (Å²) in [7, 11) is 0. The number of allylic oxidation sites excluding steroid dienone is 12. The van der Waals surface area contributed by atoms with Crippen molar-refractivity contribution in [1.82, 2.24) is 31.5 Å². The molecule has 2 aliphatic carbocycles. The number of carbonyl (C=O) groups excluding carboxylic acids is 6. The molecule has 350 valence electrons. The minimum atomic E-state index is -1.05. The van der Waals surface area contributed by atoms with Crippen LogP contribution in [-0.4, -0.2) is 83.6 Å². The highest BCUT2D eigenvalue weighted by Gasteiger charge is 2.70. The van der Waals surface area contributed by atoms with Gasteiger partial charge in [0, 0.05) is 31.6 Å². The molecule has 0 spiro atoms. The van der Waals surface area contributed by atoms with Crippen LogP contribution in [0.2, 0.25) is 0 Å². The number of hydrogen-bond acceptors (Lipinski definition) is 6. The Hall–Kier alpha value is -4.74. The Morgan fingerprint density at radius 2 is 1.24 bits per heavy atom. The number of rotatable bonds is 25. The number of likely N-dealkylation sites (tertiary alicyclic amines) is 1. The highest BCUT2D eigenvalue weighted by Crippen LogP contribution is 2.65. The fourth-order valence-electron chi connectivity index (χ4n) is 8.25. The number of urea groups is 1. The van der Waals surface area contributed by atoms with Gasteiger partial charge in [-0.3, -0.25) is 24.0 Å². The van der Waals surface area contributed by atoms with E-state index in [9.17, 15) is 28.8 Å². The molecule has 12 heteroatoms. The molecule has 1 aliphatic heterocycles. The summed E-state index contributed by atoms with van der Waals surface area (Å²) in [6.45, 7) is 18.1. The van der Waals surface area contributed by atoms with Gasteiger partial charge in [0.05, 0.1) is 6.04 Å².